The van der Waals surface area contributed by atoms with Crippen molar-refractivity contribution in [3.8, 4) is 5.82 Å². The Hall–Kier alpha value is -1.88. The zero-order valence-corrected chi connectivity index (χ0v) is 14.0. The summed E-state index contributed by atoms with van der Waals surface area (Å²) in [5.41, 5.74) is 8.78. The number of rotatable bonds is 1. The molecule has 0 aromatic carbocycles. The monoisotopic (exact) mass is 312 g/mol. The number of fused-ring (bicyclic) bond motifs is 3. The Bertz CT molecular complexity index is 875. The number of anilines is 1. The molecule has 3 aromatic rings. The van der Waals surface area contributed by atoms with Gasteiger partial charge < -0.3 is 5.73 Å². The van der Waals surface area contributed by atoms with Gasteiger partial charge in [0.15, 0.2) is 5.82 Å². The van der Waals surface area contributed by atoms with E-state index in [1.54, 1.807) is 0 Å². The van der Waals surface area contributed by atoms with Gasteiger partial charge in [0.2, 0.25) is 0 Å². The first-order valence-electron chi connectivity index (χ1n) is 7.76. The normalized spacial score (nSPS) is 17.9. The van der Waals surface area contributed by atoms with Crippen LogP contribution in [-0.4, -0.2) is 14.5 Å². The van der Waals surface area contributed by atoms with Crippen molar-refractivity contribution >= 4 is 27.4 Å². The van der Waals surface area contributed by atoms with Crippen LogP contribution in [0.25, 0.3) is 16.0 Å². The molecule has 5 heteroatoms. The fourth-order valence-corrected chi connectivity index (χ4v) is 4.83. The summed E-state index contributed by atoms with van der Waals surface area (Å²) >= 11 is 1.83. The Labute approximate surface area is 134 Å². The Balaban J connectivity index is 2.04. The van der Waals surface area contributed by atoms with Gasteiger partial charge in [-0.1, -0.05) is 6.92 Å². The van der Waals surface area contributed by atoms with Gasteiger partial charge in [0.1, 0.15) is 16.5 Å². The number of hydrogen-bond acceptors (Lipinski definition) is 4. The van der Waals surface area contributed by atoms with Crippen LogP contribution < -0.4 is 5.73 Å². The summed E-state index contributed by atoms with van der Waals surface area (Å²) in [6.07, 6.45) is 5.59. The number of nitrogens with zero attached hydrogens (tertiary/aromatic N) is 3. The van der Waals surface area contributed by atoms with Crippen LogP contribution in [0.1, 0.15) is 35.2 Å². The van der Waals surface area contributed by atoms with Crippen molar-refractivity contribution in [3.63, 3.8) is 0 Å². The topological polar surface area (TPSA) is 56.7 Å². The van der Waals surface area contributed by atoms with Gasteiger partial charge in [-0.25, -0.2) is 9.97 Å². The smallest absolute Gasteiger partial charge is 0.151 e. The summed E-state index contributed by atoms with van der Waals surface area (Å²) in [5, 5.41) is 1.21. The molecule has 0 amide bonds. The number of hydrogen-bond donors (Lipinski definition) is 1. The zero-order chi connectivity index (χ0) is 15.4. The van der Waals surface area contributed by atoms with Crippen LogP contribution in [0.3, 0.4) is 0 Å². The molecule has 0 fully saturated rings. The van der Waals surface area contributed by atoms with Crippen LogP contribution in [0.15, 0.2) is 12.3 Å². The Morgan fingerprint density at radius 2 is 2.14 bits per heavy atom. The molecule has 22 heavy (non-hydrogen) atoms. The van der Waals surface area contributed by atoms with Crippen LogP contribution in [-0.2, 0) is 12.8 Å². The highest BCUT2D eigenvalue weighted by molar-refractivity contribution is 7.18. The van der Waals surface area contributed by atoms with Gasteiger partial charge in [-0.15, -0.1) is 11.3 Å². The van der Waals surface area contributed by atoms with Crippen molar-refractivity contribution in [1.82, 2.24) is 14.5 Å². The van der Waals surface area contributed by atoms with E-state index in [9.17, 15) is 0 Å². The molecule has 0 bridgehead atoms. The van der Waals surface area contributed by atoms with Crippen molar-refractivity contribution in [2.45, 2.75) is 40.0 Å². The van der Waals surface area contributed by atoms with E-state index >= 15 is 0 Å². The number of aromatic nitrogens is 3. The summed E-state index contributed by atoms with van der Waals surface area (Å²) in [5.74, 6) is 3.25. The lowest BCUT2D eigenvalue weighted by molar-refractivity contribution is 0.509. The molecule has 1 aliphatic rings. The molecule has 1 aliphatic carbocycles. The molecule has 2 N–H and O–H groups in total. The fourth-order valence-electron chi connectivity index (χ4n) is 3.40. The van der Waals surface area contributed by atoms with Crippen molar-refractivity contribution in [2.75, 3.05) is 5.73 Å². The van der Waals surface area contributed by atoms with E-state index in [2.05, 4.69) is 25.0 Å². The molecule has 0 saturated heterocycles. The molecule has 3 aromatic heterocycles. The van der Waals surface area contributed by atoms with Gasteiger partial charge >= 0.3 is 0 Å². The Kier molecular flexibility index (Phi) is 3.01. The van der Waals surface area contributed by atoms with Gasteiger partial charge in [-0.05, 0) is 56.2 Å². The lowest BCUT2D eigenvalue weighted by Gasteiger charge is -2.18. The SMILES string of the molecule is Cc1cc(N)n(-c2nc(C)nc3sc4c(c23)CCC(C)C4)c1. The summed E-state index contributed by atoms with van der Waals surface area (Å²) in [6.45, 7) is 6.35. The van der Waals surface area contributed by atoms with Crippen molar-refractivity contribution in [3.05, 3.63) is 34.1 Å². The third-order valence-electron chi connectivity index (χ3n) is 4.46. The maximum Gasteiger partial charge on any atom is 0.151 e. The standard InChI is InChI=1S/C17H20N4S/c1-9-4-5-12-13(6-9)22-17-15(12)16(19-11(3)20-17)21-8-10(2)7-14(21)18/h7-9H,4-6,18H2,1-3H3. The van der Waals surface area contributed by atoms with Gasteiger partial charge in [-0.3, -0.25) is 4.57 Å². The van der Waals surface area contributed by atoms with Gasteiger partial charge in [0.25, 0.3) is 0 Å². The minimum Gasteiger partial charge on any atom is -0.385 e. The minimum absolute atomic E-state index is 0.737. The van der Waals surface area contributed by atoms with E-state index in [1.807, 2.05) is 28.9 Å². The molecule has 4 nitrogen and oxygen atoms in total. The fraction of sp³-hybridized carbons (Fsp3) is 0.412. The van der Waals surface area contributed by atoms with E-state index in [0.29, 0.717) is 0 Å². The maximum atomic E-state index is 6.19. The average Bonchev–Trinajstić information content (AvgIpc) is 2.96. The van der Waals surface area contributed by atoms with E-state index in [-0.39, 0.29) is 0 Å². The van der Waals surface area contributed by atoms with Crippen LogP contribution in [0.2, 0.25) is 0 Å². The summed E-state index contributed by atoms with van der Waals surface area (Å²) in [6, 6.07) is 1.99. The third kappa shape index (κ3) is 2.03. The van der Waals surface area contributed by atoms with Crippen molar-refractivity contribution < 1.29 is 0 Å². The second-order valence-corrected chi connectivity index (χ2v) is 7.52. The highest BCUT2D eigenvalue weighted by Gasteiger charge is 2.24. The number of nitrogens with two attached hydrogens (primary N) is 1. The van der Waals surface area contributed by atoms with Gasteiger partial charge in [-0.2, -0.15) is 0 Å². The third-order valence-corrected chi connectivity index (χ3v) is 5.61. The van der Waals surface area contributed by atoms with Gasteiger partial charge in [0, 0.05) is 11.1 Å². The highest BCUT2D eigenvalue weighted by Crippen LogP contribution is 2.39. The lowest BCUT2D eigenvalue weighted by atomic mass is 9.89. The van der Waals surface area contributed by atoms with Crippen LogP contribution >= 0.6 is 11.3 Å². The Morgan fingerprint density at radius 1 is 1.32 bits per heavy atom. The molecule has 0 radical (unpaired) electrons. The lowest BCUT2D eigenvalue weighted by Crippen LogP contribution is -2.10. The largest absolute Gasteiger partial charge is 0.385 e. The number of nitrogen functional groups attached to an aromatic ring is 1. The molecule has 114 valence electrons. The van der Waals surface area contributed by atoms with E-state index < -0.39 is 0 Å². The van der Waals surface area contributed by atoms with Crippen LogP contribution in [0.4, 0.5) is 5.82 Å². The molecule has 0 aliphatic heterocycles. The first kappa shape index (κ1) is 13.8. The molecular formula is C17H20N4S. The van der Waals surface area contributed by atoms with Gasteiger partial charge in [0.05, 0.1) is 5.39 Å². The number of aryl methyl sites for hydroxylation is 3. The van der Waals surface area contributed by atoms with E-state index in [4.69, 9.17) is 10.7 Å². The quantitative estimate of drug-likeness (QED) is 0.743. The molecule has 1 atom stereocenters. The maximum absolute atomic E-state index is 6.19. The molecule has 1 unspecified atom stereocenters. The second-order valence-electron chi connectivity index (χ2n) is 6.44. The summed E-state index contributed by atoms with van der Waals surface area (Å²) < 4.78 is 2.01. The second kappa shape index (κ2) is 4.81. The average molecular weight is 312 g/mol. The predicted molar refractivity (Wildman–Crippen MR) is 91.8 cm³/mol. The summed E-state index contributed by atoms with van der Waals surface area (Å²) in [4.78, 5) is 12.0. The van der Waals surface area contributed by atoms with E-state index in [0.717, 1.165) is 46.6 Å². The first-order chi connectivity index (χ1) is 10.5. The molecular weight excluding hydrogens is 292 g/mol. The van der Waals surface area contributed by atoms with Crippen LogP contribution in [0.5, 0.6) is 0 Å². The highest BCUT2D eigenvalue weighted by atomic mass is 32.1. The molecule has 0 saturated carbocycles. The van der Waals surface area contributed by atoms with Crippen LogP contribution in [0, 0.1) is 19.8 Å². The molecule has 3 heterocycles. The number of thiophene rings is 1. The minimum atomic E-state index is 0.737. The van der Waals surface area contributed by atoms with E-state index in [1.165, 1.54) is 22.2 Å². The zero-order valence-electron chi connectivity index (χ0n) is 13.2. The van der Waals surface area contributed by atoms with Crippen molar-refractivity contribution in [2.24, 2.45) is 5.92 Å². The van der Waals surface area contributed by atoms with Crippen molar-refractivity contribution in [1.29, 1.82) is 0 Å². The molecule has 0 spiro atoms. The predicted octanol–water partition coefficient (Wildman–Crippen LogP) is 3.81. The molecule has 4 rings (SSSR count). The first-order valence-corrected chi connectivity index (χ1v) is 8.58. The Morgan fingerprint density at radius 3 is 2.86 bits per heavy atom. The summed E-state index contributed by atoms with van der Waals surface area (Å²) in [7, 11) is 0.